The van der Waals surface area contributed by atoms with Crippen LogP contribution < -0.4 is 4.74 Å². The van der Waals surface area contributed by atoms with Gasteiger partial charge in [0, 0.05) is 29.7 Å². The molecular weight excluding hydrogens is 410 g/mol. The highest BCUT2D eigenvalue weighted by Crippen LogP contribution is 2.38. The zero-order chi connectivity index (χ0) is 22.5. The third-order valence-corrected chi connectivity index (χ3v) is 5.64. The molecule has 2 aromatic carbocycles. The van der Waals surface area contributed by atoms with E-state index in [1.165, 1.54) is 0 Å². The Hall–Kier alpha value is -3.42. The number of carbonyl (C=O) groups excluding carboxylic acids is 2. The number of nitrogens with zero attached hydrogens (tertiary/aromatic N) is 1. The maximum absolute atomic E-state index is 12.7. The second kappa shape index (κ2) is 7.62. The molecule has 2 aliphatic heterocycles. The number of para-hydroxylation sites is 1. The number of rotatable bonds is 5. The summed E-state index contributed by atoms with van der Waals surface area (Å²) in [6, 6.07) is 14.8. The molecule has 0 N–H and O–H groups in total. The maximum atomic E-state index is 12.7. The van der Waals surface area contributed by atoms with Gasteiger partial charge in [-0.15, -0.1) is 0 Å². The number of cyclic esters (lactones) is 2. The summed E-state index contributed by atoms with van der Waals surface area (Å²) in [6.07, 6.45) is 1.66. The highest BCUT2D eigenvalue weighted by atomic mass is 16.7. The van der Waals surface area contributed by atoms with Crippen LogP contribution in [0.5, 0.6) is 5.75 Å². The van der Waals surface area contributed by atoms with E-state index in [0.29, 0.717) is 30.1 Å². The van der Waals surface area contributed by atoms with Crippen LogP contribution in [0.1, 0.15) is 25.0 Å². The van der Waals surface area contributed by atoms with Gasteiger partial charge in [0.1, 0.15) is 18.5 Å². The predicted molar refractivity (Wildman–Crippen MR) is 118 cm³/mol. The fraction of sp³-hybridized carbons (Fsp3) is 0.280. The van der Waals surface area contributed by atoms with Crippen molar-refractivity contribution >= 4 is 34.0 Å². The quantitative estimate of drug-likeness (QED) is 0.451. The normalized spacial score (nSPS) is 20.3. The van der Waals surface area contributed by atoms with Crippen molar-refractivity contribution in [3.63, 3.8) is 0 Å². The molecule has 0 amide bonds. The molecule has 7 heteroatoms. The first-order valence-corrected chi connectivity index (χ1v) is 10.4. The molecule has 1 atom stereocenters. The summed E-state index contributed by atoms with van der Waals surface area (Å²) < 4.78 is 24.2. The molecule has 3 heterocycles. The molecule has 32 heavy (non-hydrogen) atoms. The van der Waals surface area contributed by atoms with Crippen molar-refractivity contribution in [1.29, 1.82) is 0 Å². The monoisotopic (exact) mass is 433 g/mol. The van der Waals surface area contributed by atoms with Crippen LogP contribution in [0, 0.1) is 0 Å². The van der Waals surface area contributed by atoms with E-state index in [1.54, 1.807) is 24.3 Å². The van der Waals surface area contributed by atoms with Gasteiger partial charge in [-0.1, -0.05) is 30.3 Å². The molecule has 0 saturated carbocycles. The standard InChI is InChI=1S/C25H23NO6/c1-25(2)30-14-17(32-25)13-29-16-8-6-7-15(11-16)21-22(24(28)31-23(21)27)19-12-26(3)20-10-5-4-9-18(19)20/h4-12,17H,13-14H2,1-3H3. The molecule has 7 nitrogen and oxygen atoms in total. The van der Waals surface area contributed by atoms with E-state index in [4.69, 9.17) is 18.9 Å². The van der Waals surface area contributed by atoms with Crippen LogP contribution in [-0.4, -0.2) is 41.6 Å². The minimum atomic E-state index is -0.663. The Morgan fingerprint density at radius 3 is 2.62 bits per heavy atom. The largest absolute Gasteiger partial charge is 0.491 e. The van der Waals surface area contributed by atoms with Crippen LogP contribution in [-0.2, 0) is 30.8 Å². The van der Waals surface area contributed by atoms with Gasteiger partial charge < -0.3 is 23.5 Å². The van der Waals surface area contributed by atoms with Crippen LogP contribution in [0.4, 0.5) is 0 Å². The minimum Gasteiger partial charge on any atom is -0.491 e. The van der Waals surface area contributed by atoms with Gasteiger partial charge in [-0.25, -0.2) is 9.59 Å². The maximum Gasteiger partial charge on any atom is 0.347 e. The van der Waals surface area contributed by atoms with Crippen LogP contribution >= 0.6 is 0 Å². The number of ether oxygens (including phenoxy) is 4. The number of benzene rings is 2. The Kier molecular flexibility index (Phi) is 4.87. The summed E-state index contributed by atoms with van der Waals surface area (Å²) in [6.45, 7) is 4.48. The van der Waals surface area contributed by atoms with Crippen molar-refractivity contribution in [1.82, 2.24) is 4.57 Å². The lowest BCUT2D eigenvalue weighted by Crippen LogP contribution is -2.25. The average molecular weight is 433 g/mol. The van der Waals surface area contributed by atoms with Gasteiger partial charge >= 0.3 is 11.9 Å². The summed E-state index contributed by atoms with van der Waals surface area (Å²) >= 11 is 0. The molecule has 0 spiro atoms. The van der Waals surface area contributed by atoms with Crippen LogP contribution in [0.25, 0.3) is 22.0 Å². The molecule has 1 unspecified atom stereocenters. The molecular formula is C25H23NO6. The SMILES string of the molecule is Cn1cc(C2=C(c3cccc(OCC4COC(C)(C)O4)c3)C(=O)OC2=O)c2ccccc21. The topological polar surface area (TPSA) is 76.0 Å². The number of fused-ring (bicyclic) bond motifs is 1. The Balaban J connectivity index is 1.51. The van der Waals surface area contributed by atoms with Crippen molar-refractivity contribution in [2.75, 3.05) is 13.2 Å². The first-order chi connectivity index (χ1) is 15.3. The van der Waals surface area contributed by atoms with E-state index in [2.05, 4.69) is 0 Å². The van der Waals surface area contributed by atoms with E-state index in [-0.39, 0.29) is 17.3 Å². The van der Waals surface area contributed by atoms with Gasteiger partial charge in [0.05, 0.1) is 17.8 Å². The minimum absolute atomic E-state index is 0.183. The second-order valence-electron chi connectivity index (χ2n) is 8.39. The van der Waals surface area contributed by atoms with Gasteiger partial charge in [0.15, 0.2) is 5.79 Å². The average Bonchev–Trinajstić information content (AvgIpc) is 3.39. The predicted octanol–water partition coefficient (Wildman–Crippen LogP) is 3.70. The van der Waals surface area contributed by atoms with Gasteiger partial charge in [-0.2, -0.15) is 0 Å². The lowest BCUT2D eigenvalue weighted by Gasteiger charge is -2.17. The first-order valence-electron chi connectivity index (χ1n) is 10.4. The van der Waals surface area contributed by atoms with Crippen molar-refractivity contribution in [3.8, 4) is 5.75 Å². The molecule has 0 radical (unpaired) electrons. The molecule has 5 rings (SSSR count). The Labute approximate surface area is 185 Å². The van der Waals surface area contributed by atoms with Crippen LogP contribution in [0.3, 0.4) is 0 Å². The molecule has 1 fully saturated rings. The highest BCUT2D eigenvalue weighted by molar-refractivity contribution is 6.45. The Bertz CT molecular complexity index is 1270. The third-order valence-electron chi connectivity index (χ3n) is 5.64. The molecule has 1 aromatic heterocycles. The van der Waals surface area contributed by atoms with E-state index in [0.717, 1.165) is 10.9 Å². The summed E-state index contributed by atoms with van der Waals surface area (Å²) in [5, 5.41) is 0.877. The third kappa shape index (κ3) is 3.59. The second-order valence-corrected chi connectivity index (χ2v) is 8.39. The van der Waals surface area contributed by atoms with Gasteiger partial charge in [0.25, 0.3) is 0 Å². The number of esters is 2. The van der Waals surface area contributed by atoms with Gasteiger partial charge in [-0.3, -0.25) is 0 Å². The fourth-order valence-electron chi connectivity index (χ4n) is 4.21. The number of aryl methyl sites for hydroxylation is 1. The molecule has 1 saturated heterocycles. The number of aromatic nitrogens is 1. The lowest BCUT2D eigenvalue weighted by molar-refractivity contribution is -0.149. The van der Waals surface area contributed by atoms with E-state index in [9.17, 15) is 9.59 Å². The fourth-order valence-corrected chi connectivity index (χ4v) is 4.21. The summed E-state index contributed by atoms with van der Waals surface area (Å²) in [5.74, 6) is -1.37. The first kappa shape index (κ1) is 20.5. The zero-order valence-electron chi connectivity index (χ0n) is 18.1. The van der Waals surface area contributed by atoms with Crippen LogP contribution in [0.2, 0.25) is 0 Å². The molecule has 0 bridgehead atoms. The van der Waals surface area contributed by atoms with Crippen LogP contribution in [0.15, 0.2) is 54.7 Å². The Morgan fingerprint density at radius 1 is 1.06 bits per heavy atom. The number of carbonyl (C=O) groups is 2. The number of hydrogen-bond acceptors (Lipinski definition) is 6. The van der Waals surface area contributed by atoms with E-state index < -0.39 is 17.7 Å². The van der Waals surface area contributed by atoms with Gasteiger partial charge in [0.2, 0.25) is 0 Å². The smallest absolute Gasteiger partial charge is 0.347 e. The zero-order valence-corrected chi connectivity index (χ0v) is 18.1. The van der Waals surface area contributed by atoms with Crippen molar-refractivity contribution in [3.05, 3.63) is 65.9 Å². The Morgan fingerprint density at radius 2 is 1.84 bits per heavy atom. The van der Waals surface area contributed by atoms with Gasteiger partial charge in [-0.05, 0) is 37.6 Å². The summed E-state index contributed by atoms with van der Waals surface area (Å²) in [7, 11) is 1.90. The molecule has 3 aromatic rings. The molecule has 0 aliphatic carbocycles. The van der Waals surface area contributed by atoms with E-state index in [1.807, 2.05) is 55.9 Å². The van der Waals surface area contributed by atoms with E-state index >= 15 is 0 Å². The van der Waals surface area contributed by atoms with Crippen molar-refractivity contribution < 1.29 is 28.5 Å². The highest BCUT2D eigenvalue weighted by Gasteiger charge is 2.37. The van der Waals surface area contributed by atoms with Crippen molar-refractivity contribution in [2.45, 2.75) is 25.7 Å². The van der Waals surface area contributed by atoms with Crippen molar-refractivity contribution in [2.24, 2.45) is 7.05 Å². The summed E-state index contributed by atoms with van der Waals surface area (Å²) in [5.41, 5.74) is 2.68. The summed E-state index contributed by atoms with van der Waals surface area (Å²) in [4.78, 5) is 25.4. The lowest BCUT2D eigenvalue weighted by atomic mass is 9.96. The molecule has 2 aliphatic rings. The number of hydrogen-bond donors (Lipinski definition) is 0. The molecule has 164 valence electrons.